The van der Waals surface area contributed by atoms with Crippen LogP contribution in [0.4, 0.5) is 46.2 Å². The monoisotopic (exact) mass is 1370 g/mol. The SMILES string of the molecule is CN(CCN1CCC(OC(=O)Nc2ccccc2-c2ccccc2)CC1)C(=O)CCCCCN(C)c1ccc(C(=O)N(C)CCCN(C)C(=O)COC2Cc3ccccc3C23CCN(CC[C@@]2(c4ccc(F)cc4)CN(C(=O)c4cc(C(F)(F)F)cc(C(F)(F)F)c4)CO2)CC3)s1. The van der Waals surface area contributed by atoms with Crippen molar-refractivity contribution >= 4 is 51.7 Å². The van der Waals surface area contributed by atoms with Gasteiger partial charge in [-0.15, -0.1) is 11.3 Å². The van der Waals surface area contributed by atoms with Crippen LogP contribution in [0.3, 0.4) is 0 Å². The Morgan fingerprint density at radius 1 is 0.670 bits per heavy atom. The number of rotatable bonds is 26. The largest absolute Gasteiger partial charge is 0.446 e. The third kappa shape index (κ3) is 18.1. The Kier molecular flexibility index (Phi) is 23.5. The lowest BCUT2D eigenvalue weighted by Gasteiger charge is -2.44. The number of fused-ring (bicyclic) bond motifs is 2. The second-order valence-electron chi connectivity index (χ2n) is 26.0. The van der Waals surface area contributed by atoms with Gasteiger partial charge in [-0.3, -0.25) is 24.5 Å². The van der Waals surface area contributed by atoms with E-state index in [9.17, 15) is 54.7 Å². The Morgan fingerprint density at radius 2 is 1.32 bits per heavy atom. The summed E-state index contributed by atoms with van der Waals surface area (Å²) in [5.74, 6) is -1.78. The first kappa shape index (κ1) is 71.9. The molecular formula is C73H85F7N8O8S. The van der Waals surface area contributed by atoms with Gasteiger partial charge in [0.25, 0.3) is 11.8 Å². The molecule has 1 spiro atoms. The van der Waals surface area contributed by atoms with Crippen LogP contribution < -0.4 is 10.2 Å². The number of carbonyl (C=O) groups is 5. The van der Waals surface area contributed by atoms with E-state index in [0.717, 1.165) is 90.4 Å². The number of nitrogens with one attached hydrogen (secondary N) is 1. The number of thiophene rings is 1. The molecule has 5 aromatic carbocycles. The van der Waals surface area contributed by atoms with Crippen molar-refractivity contribution in [1.29, 1.82) is 0 Å². The van der Waals surface area contributed by atoms with E-state index in [1.165, 1.54) is 35.6 Å². The number of anilines is 2. The highest BCUT2D eigenvalue weighted by Gasteiger charge is 2.50. The Labute approximate surface area is 566 Å². The second-order valence-corrected chi connectivity index (χ2v) is 27.1. The minimum atomic E-state index is -5.15. The van der Waals surface area contributed by atoms with Crippen LogP contribution in [0.1, 0.15) is 112 Å². The first-order chi connectivity index (χ1) is 46.4. The average Bonchev–Trinajstić information content (AvgIpc) is 1.60. The molecule has 3 fully saturated rings. The fourth-order valence-corrected chi connectivity index (χ4v) is 14.7. The quantitative estimate of drug-likeness (QED) is 0.0409. The molecule has 0 saturated carbocycles. The number of para-hydroxylation sites is 1. The topological polar surface area (TPSA) is 148 Å². The second kappa shape index (κ2) is 31.7. The zero-order chi connectivity index (χ0) is 69.1. The van der Waals surface area contributed by atoms with Crippen molar-refractivity contribution in [3.05, 3.63) is 178 Å². The van der Waals surface area contributed by atoms with Gasteiger partial charge in [-0.25, -0.2) is 9.18 Å². The van der Waals surface area contributed by atoms with Gasteiger partial charge in [-0.2, -0.15) is 26.3 Å². The number of hydrogen-bond donors (Lipinski definition) is 1. The third-order valence-electron chi connectivity index (χ3n) is 19.6. The molecule has 6 aromatic rings. The molecule has 3 saturated heterocycles. The van der Waals surface area contributed by atoms with E-state index in [0.29, 0.717) is 99.6 Å². The molecule has 0 bridgehead atoms. The van der Waals surface area contributed by atoms with Crippen LogP contribution in [0, 0.1) is 5.82 Å². The number of unbranched alkanes of at least 4 members (excludes halogenated alkanes) is 2. The Hall–Kier alpha value is -7.90. The molecule has 24 heteroatoms. The van der Waals surface area contributed by atoms with Gasteiger partial charge in [0.15, 0.2) is 0 Å². The fraction of sp³-hybridized carbons (Fsp3) is 0.466. The van der Waals surface area contributed by atoms with Gasteiger partial charge in [0, 0.05) is 104 Å². The highest BCUT2D eigenvalue weighted by Crippen LogP contribution is 2.49. The smallest absolute Gasteiger partial charge is 0.416 e. The summed E-state index contributed by atoms with van der Waals surface area (Å²) in [6.07, 6.45) is -4.01. The van der Waals surface area contributed by atoms with Crippen LogP contribution in [0.2, 0.25) is 0 Å². The van der Waals surface area contributed by atoms with E-state index >= 15 is 0 Å². The Morgan fingerprint density at radius 3 is 2.03 bits per heavy atom. The number of piperidine rings is 2. The van der Waals surface area contributed by atoms with Crippen molar-refractivity contribution in [2.24, 2.45) is 0 Å². The molecular weight excluding hydrogens is 1280 g/mol. The lowest BCUT2D eigenvalue weighted by molar-refractivity contribution is -0.143. The molecule has 520 valence electrons. The van der Waals surface area contributed by atoms with Crippen molar-refractivity contribution in [1.82, 2.24) is 29.4 Å². The maximum atomic E-state index is 14.2. The molecule has 97 heavy (non-hydrogen) atoms. The molecule has 0 radical (unpaired) electrons. The summed E-state index contributed by atoms with van der Waals surface area (Å²) in [5.41, 5.74) is -0.240. The zero-order valence-electron chi connectivity index (χ0n) is 55.3. The van der Waals surface area contributed by atoms with Gasteiger partial charge in [0.05, 0.1) is 39.3 Å². The van der Waals surface area contributed by atoms with Crippen LogP contribution in [-0.2, 0) is 53.6 Å². The molecule has 3 aliphatic heterocycles. The number of benzene rings is 5. The molecule has 1 unspecified atom stereocenters. The van der Waals surface area contributed by atoms with E-state index in [-0.39, 0.29) is 55.6 Å². The summed E-state index contributed by atoms with van der Waals surface area (Å²) in [6, 6.07) is 35.8. The number of nitrogens with zero attached hydrogens (tertiary/aromatic N) is 7. The van der Waals surface area contributed by atoms with Gasteiger partial charge >= 0.3 is 18.4 Å². The number of carbonyl (C=O) groups excluding carboxylic acids is 5. The number of amides is 5. The van der Waals surface area contributed by atoms with Crippen LogP contribution in [0.25, 0.3) is 11.1 Å². The van der Waals surface area contributed by atoms with E-state index in [2.05, 4.69) is 32.1 Å². The van der Waals surface area contributed by atoms with Crippen molar-refractivity contribution in [2.75, 3.05) is 124 Å². The standard InChI is InChI=1S/C73H85F7N8O8S/c1-82(35-15-36-85(4)68(92)62-27-28-66(97-62)84(3)34-14-6-9-22-64(89)83(2)42-43-86-37-29-58(30-38-86)96-69(93)81-61-21-13-11-19-59(61)51-16-7-5-8-17-51)65(90)48-94-63-46-52-18-10-12-20-60(52)70(63)31-39-87(40-32-70)41-33-71(54-23-25-57(74)26-24-54)49-88(50-95-71)67(91)53-44-55(72(75,76)77)47-56(45-53)73(78,79)80/h5,7-8,10-13,16-21,23-28,44-45,47,58,63H,6,9,14-15,22,29-43,46,48-50H2,1-4H3,(H,81,93)/t63?,71-/m0/s1. The first-order valence-corrected chi connectivity index (χ1v) is 34.0. The Balaban J connectivity index is 0.613. The van der Waals surface area contributed by atoms with Gasteiger partial charge < -0.3 is 48.5 Å². The predicted octanol–water partition coefficient (Wildman–Crippen LogP) is 13.1. The maximum Gasteiger partial charge on any atom is 0.416 e. The first-order valence-electron chi connectivity index (χ1n) is 33.2. The normalized spacial score (nSPS) is 18.2. The number of likely N-dealkylation sites (N-methyl/N-ethyl adjacent to an activating group) is 2. The van der Waals surface area contributed by atoms with Crippen LogP contribution in [0.5, 0.6) is 0 Å². The Bertz CT molecular complexity index is 3640. The van der Waals surface area contributed by atoms with E-state index in [1.807, 2.05) is 93.0 Å². The van der Waals surface area contributed by atoms with Gasteiger partial charge in [-0.05, 0) is 142 Å². The molecule has 4 heterocycles. The minimum absolute atomic E-state index is 0.0277. The number of halogens is 7. The highest BCUT2D eigenvalue weighted by atomic mass is 32.1. The molecule has 4 aliphatic rings. The summed E-state index contributed by atoms with van der Waals surface area (Å²) < 4.78 is 116. The van der Waals surface area contributed by atoms with Crippen molar-refractivity contribution in [3.63, 3.8) is 0 Å². The van der Waals surface area contributed by atoms with Crippen molar-refractivity contribution in [3.8, 4) is 11.1 Å². The average molecular weight is 1370 g/mol. The van der Waals surface area contributed by atoms with Crippen LogP contribution >= 0.6 is 11.3 Å². The van der Waals surface area contributed by atoms with E-state index < -0.39 is 64.6 Å². The zero-order valence-corrected chi connectivity index (χ0v) is 56.1. The van der Waals surface area contributed by atoms with E-state index in [4.69, 9.17) is 14.2 Å². The fourth-order valence-electron chi connectivity index (χ4n) is 13.7. The highest BCUT2D eigenvalue weighted by molar-refractivity contribution is 7.18. The maximum absolute atomic E-state index is 14.2. The van der Waals surface area contributed by atoms with Crippen molar-refractivity contribution in [2.45, 2.75) is 106 Å². The molecule has 1 N–H and O–H groups in total. The number of hydrogen-bond acceptors (Lipinski definition) is 12. The summed E-state index contributed by atoms with van der Waals surface area (Å²) in [7, 11) is 7.33. The number of likely N-dealkylation sites (tertiary alicyclic amines) is 2. The van der Waals surface area contributed by atoms with Gasteiger partial charge in [0.1, 0.15) is 30.9 Å². The van der Waals surface area contributed by atoms with E-state index in [1.54, 1.807) is 28.8 Å². The predicted molar refractivity (Wildman–Crippen MR) is 358 cm³/mol. The van der Waals surface area contributed by atoms with Gasteiger partial charge in [0.2, 0.25) is 11.8 Å². The van der Waals surface area contributed by atoms with Crippen LogP contribution in [0.15, 0.2) is 133 Å². The van der Waals surface area contributed by atoms with Crippen molar-refractivity contribution < 1.29 is 68.9 Å². The lowest BCUT2D eigenvalue weighted by Crippen LogP contribution is -2.50. The molecule has 2 atom stereocenters. The summed E-state index contributed by atoms with van der Waals surface area (Å²) in [5, 5.41) is 3.90. The molecule has 10 rings (SSSR count). The summed E-state index contributed by atoms with van der Waals surface area (Å²) in [4.78, 5) is 80.4. The molecule has 5 amide bonds. The number of ether oxygens (including phenoxy) is 3. The minimum Gasteiger partial charge on any atom is -0.446 e. The lowest BCUT2D eigenvalue weighted by atomic mass is 9.72. The summed E-state index contributed by atoms with van der Waals surface area (Å²) in [6.45, 7) is 5.38. The molecule has 1 aromatic heterocycles. The number of alkyl halides is 6. The third-order valence-corrected chi connectivity index (χ3v) is 20.7. The summed E-state index contributed by atoms with van der Waals surface area (Å²) >= 11 is 1.43. The van der Waals surface area contributed by atoms with Crippen LogP contribution in [-0.4, -0.2) is 185 Å². The van der Waals surface area contributed by atoms with Gasteiger partial charge in [-0.1, -0.05) is 91.3 Å². The molecule has 1 aliphatic carbocycles. The molecule has 16 nitrogen and oxygen atoms in total.